The monoisotopic (exact) mass is 613 g/mol. The van der Waals surface area contributed by atoms with Crippen LogP contribution < -0.4 is 24.8 Å². The number of nitrogens with zero attached hydrogens (tertiary/aromatic N) is 3. The van der Waals surface area contributed by atoms with Crippen molar-refractivity contribution >= 4 is 35.4 Å². The minimum absolute atomic E-state index is 0. The van der Waals surface area contributed by atoms with Crippen molar-refractivity contribution in [3.8, 4) is 0 Å². The van der Waals surface area contributed by atoms with Crippen molar-refractivity contribution < 1.29 is 41.9 Å². The predicted octanol–water partition coefficient (Wildman–Crippen LogP) is 3.05. The normalized spacial score (nSPS) is 10.8. The van der Waals surface area contributed by atoms with Crippen molar-refractivity contribution in [1.82, 2.24) is 4.98 Å². The number of aryl methyl sites for hydroxylation is 4. The second kappa shape index (κ2) is 19.4. The van der Waals surface area contributed by atoms with E-state index in [1.807, 2.05) is 24.6 Å². The van der Waals surface area contributed by atoms with Crippen LogP contribution in [0.3, 0.4) is 0 Å². The number of aromatic nitrogens is 1. The summed E-state index contributed by atoms with van der Waals surface area (Å²) in [5.74, 6) is 0. The van der Waals surface area contributed by atoms with Gasteiger partial charge < -0.3 is 24.8 Å². The van der Waals surface area contributed by atoms with E-state index in [9.17, 15) is 0 Å². The molecule has 0 aliphatic rings. The Morgan fingerprint density at radius 1 is 0.632 bits per heavy atom. The summed E-state index contributed by atoms with van der Waals surface area (Å²) in [5, 5.41) is 0.633. The molecule has 0 saturated carbocycles. The second-order valence-electron chi connectivity index (χ2n) is 9.00. The van der Waals surface area contributed by atoms with Gasteiger partial charge in [0.05, 0.1) is 35.2 Å². The number of hydrogen-bond donors (Lipinski definition) is 0. The summed E-state index contributed by atoms with van der Waals surface area (Å²) >= 11 is 6.47. The van der Waals surface area contributed by atoms with E-state index < -0.39 is 0 Å². The molecule has 206 valence electrons. The van der Waals surface area contributed by atoms with Gasteiger partial charge in [0.2, 0.25) is 0 Å². The molecule has 0 atom stereocenters. The topological polar surface area (TPSA) is 37.6 Å². The molecule has 0 bridgehead atoms. The molecule has 38 heavy (non-hydrogen) atoms. The summed E-state index contributed by atoms with van der Waals surface area (Å²) in [5.41, 5.74) is 8.77. The molecule has 0 saturated heterocycles. The Labute approximate surface area is 257 Å². The number of aliphatic imine (C=N–C) groups is 2. The molecule has 0 fully saturated rings. The molecular weight excluding hydrogens is 577 g/mol. The summed E-state index contributed by atoms with van der Waals surface area (Å²) < 4.78 is 0. The zero-order valence-corrected chi connectivity index (χ0v) is 26.1. The minimum atomic E-state index is 0. The Bertz CT molecular complexity index is 1040. The van der Waals surface area contributed by atoms with Gasteiger partial charge >= 0.3 is 17.1 Å². The quantitative estimate of drug-likeness (QED) is 0.228. The van der Waals surface area contributed by atoms with Crippen LogP contribution in [0, 0.1) is 0 Å². The molecule has 0 unspecified atom stereocenters. The molecule has 0 spiro atoms. The van der Waals surface area contributed by atoms with Crippen molar-refractivity contribution in [2.75, 3.05) is 0 Å². The summed E-state index contributed by atoms with van der Waals surface area (Å²) in [6.45, 7) is 8.81. The van der Waals surface area contributed by atoms with Gasteiger partial charge in [-0.2, -0.15) is 0 Å². The largest absolute Gasteiger partial charge is 2.00 e. The maximum Gasteiger partial charge on any atom is 2.00 e. The molecule has 0 radical (unpaired) electrons. The first kappa shape index (κ1) is 36.3. The van der Waals surface area contributed by atoms with E-state index in [1.165, 1.54) is 22.3 Å². The summed E-state index contributed by atoms with van der Waals surface area (Å²) in [6.07, 6.45) is 12.1. The van der Waals surface area contributed by atoms with Gasteiger partial charge in [-0.3, -0.25) is 9.98 Å². The molecular formula is C31H38Cl3FeN3. The number of benzene rings is 2. The fourth-order valence-electron chi connectivity index (χ4n) is 4.44. The van der Waals surface area contributed by atoms with Crippen LogP contribution in [-0.4, -0.2) is 17.4 Å². The SMILES string of the molecule is CCCc1cccc(CCC)c1N=Cc1cc(Cl)cc(C=Nc2c(CCC)cccc2CCC)n1.[Cl-].[Cl-].[Fe+2]. The molecule has 1 heterocycles. The van der Waals surface area contributed by atoms with Crippen LogP contribution >= 0.6 is 11.6 Å². The Morgan fingerprint density at radius 3 is 1.24 bits per heavy atom. The third-order valence-corrected chi connectivity index (χ3v) is 6.18. The summed E-state index contributed by atoms with van der Waals surface area (Å²) in [7, 11) is 0. The van der Waals surface area contributed by atoms with Crippen LogP contribution in [0.25, 0.3) is 0 Å². The van der Waals surface area contributed by atoms with Gasteiger partial charge in [0.25, 0.3) is 0 Å². The van der Waals surface area contributed by atoms with Crippen molar-refractivity contribution in [3.63, 3.8) is 0 Å². The van der Waals surface area contributed by atoms with Gasteiger partial charge in [-0.1, -0.05) is 101 Å². The molecule has 0 aliphatic carbocycles. The van der Waals surface area contributed by atoms with Crippen LogP contribution in [0.4, 0.5) is 11.4 Å². The molecule has 3 aromatic rings. The molecule has 3 nitrogen and oxygen atoms in total. The Morgan fingerprint density at radius 2 is 0.947 bits per heavy atom. The number of hydrogen-bond acceptors (Lipinski definition) is 3. The molecule has 3 rings (SSSR count). The Kier molecular flexibility index (Phi) is 18.5. The number of para-hydroxylation sites is 2. The first-order valence-corrected chi connectivity index (χ1v) is 13.4. The zero-order valence-electron chi connectivity index (χ0n) is 22.8. The maximum atomic E-state index is 6.47. The molecule has 0 amide bonds. The minimum Gasteiger partial charge on any atom is -1.00 e. The average Bonchev–Trinajstić information content (AvgIpc) is 2.84. The Hall–Kier alpha value is -1.68. The van der Waals surface area contributed by atoms with Crippen LogP contribution in [0.2, 0.25) is 5.02 Å². The molecule has 7 heteroatoms. The zero-order chi connectivity index (χ0) is 25.0. The van der Waals surface area contributed by atoms with Crippen LogP contribution in [0.15, 0.2) is 58.5 Å². The van der Waals surface area contributed by atoms with E-state index in [-0.39, 0.29) is 41.9 Å². The van der Waals surface area contributed by atoms with Gasteiger partial charge in [0.1, 0.15) is 0 Å². The number of rotatable bonds is 12. The fourth-order valence-corrected chi connectivity index (χ4v) is 4.66. The van der Waals surface area contributed by atoms with Crippen molar-refractivity contribution in [1.29, 1.82) is 0 Å². The molecule has 2 aromatic carbocycles. The van der Waals surface area contributed by atoms with Gasteiger partial charge in [0.15, 0.2) is 0 Å². The molecule has 1 aromatic heterocycles. The van der Waals surface area contributed by atoms with Crippen molar-refractivity contribution in [2.45, 2.75) is 79.1 Å². The standard InChI is InChI=1S/C31H38ClN3.2ClH.Fe/c1-5-11-23-15-9-16-24(12-6-2)30(23)33-21-28-19-27(32)20-29(35-28)22-34-31-25(13-7-3)17-10-18-26(31)14-8-4;;;/h9-10,15-22H,5-8,11-14H2,1-4H3;2*1H;/q;;;+2/p-2. The number of halogens is 3. The maximum absolute atomic E-state index is 6.47. The van der Waals surface area contributed by atoms with E-state index in [0.29, 0.717) is 5.02 Å². The predicted molar refractivity (Wildman–Crippen MR) is 153 cm³/mol. The van der Waals surface area contributed by atoms with E-state index in [4.69, 9.17) is 26.6 Å². The van der Waals surface area contributed by atoms with Crippen LogP contribution in [0.1, 0.15) is 87.0 Å². The van der Waals surface area contributed by atoms with E-state index in [0.717, 1.165) is 74.1 Å². The smallest absolute Gasteiger partial charge is 1.00 e. The summed E-state index contributed by atoms with van der Waals surface area (Å²) in [4.78, 5) is 14.6. The molecule has 0 N–H and O–H groups in total. The second-order valence-corrected chi connectivity index (χ2v) is 9.44. The van der Waals surface area contributed by atoms with Crippen LogP contribution in [-0.2, 0) is 42.8 Å². The van der Waals surface area contributed by atoms with Crippen molar-refractivity contribution in [3.05, 3.63) is 87.2 Å². The van der Waals surface area contributed by atoms with Gasteiger partial charge in [-0.05, 0) is 60.1 Å². The summed E-state index contributed by atoms with van der Waals surface area (Å²) in [6, 6.07) is 16.7. The fraction of sp³-hybridized carbons (Fsp3) is 0.387. The third kappa shape index (κ3) is 10.5. The van der Waals surface area contributed by atoms with E-state index in [2.05, 4.69) is 64.1 Å². The third-order valence-electron chi connectivity index (χ3n) is 5.97. The molecule has 0 aliphatic heterocycles. The average molecular weight is 615 g/mol. The van der Waals surface area contributed by atoms with Crippen molar-refractivity contribution in [2.24, 2.45) is 9.98 Å². The number of pyridine rings is 1. The van der Waals surface area contributed by atoms with E-state index >= 15 is 0 Å². The Balaban J connectivity index is 0.00000456. The van der Waals surface area contributed by atoms with Gasteiger partial charge in [-0.25, -0.2) is 4.98 Å². The van der Waals surface area contributed by atoms with Crippen LogP contribution in [0.5, 0.6) is 0 Å². The first-order valence-electron chi connectivity index (χ1n) is 13.1. The van der Waals surface area contributed by atoms with Gasteiger partial charge in [-0.15, -0.1) is 0 Å². The van der Waals surface area contributed by atoms with Gasteiger partial charge in [0, 0.05) is 5.02 Å². The van der Waals surface area contributed by atoms with E-state index in [1.54, 1.807) is 0 Å². The first-order chi connectivity index (χ1) is 17.1.